The molecule has 1 unspecified atom stereocenters. The van der Waals surface area contributed by atoms with Crippen molar-refractivity contribution in [1.29, 1.82) is 0 Å². The van der Waals surface area contributed by atoms with Crippen molar-refractivity contribution in [2.24, 2.45) is 5.73 Å². The van der Waals surface area contributed by atoms with Crippen molar-refractivity contribution in [2.45, 2.75) is 24.8 Å². The van der Waals surface area contributed by atoms with E-state index in [0.29, 0.717) is 0 Å². The van der Waals surface area contributed by atoms with Crippen LogP contribution in [-0.4, -0.2) is 30.3 Å². The van der Waals surface area contributed by atoms with E-state index < -0.39 is 0 Å². The first-order valence-electron chi connectivity index (χ1n) is 3.87. The van der Waals surface area contributed by atoms with Gasteiger partial charge in [-0.25, -0.2) is 0 Å². The lowest BCUT2D eigenvalue weighted by molar-refractivity contribution is 0.211. The van der Waals surface area contributed by atoms with E-state index in [1.54, 1.807) is 0 Å². The second-order valence-electron chi connectivity index (χ2n) is 3.12. The molecule has 4 N–H and O–H groups in total. The molecule has 1 rings (SSSR count). The molecule has 1 saturated heterocycles. The molecule has 0 aromatic rings. The Morgan fingerprint density at radius 1 is 1.60 bits per heavy atom. The predicted octanol–water partition coefficient (Wildman–Crippen LogP) is -0.550. The van der Waals surface area contributed by atoms with Gasteiger partial charge in [0.05, 0.1) is 0 Å². The summed E-state index contributed by atoms with van der Waals surface area (Å²) in [6.45, 7) is 2.14. The van der Waals surface area contributed by atoms with Gasteiger partial charge in [-0.2, -0.15) is 0 Å². The SMILES string of the molecule is NC1(CCO)CCCNC1. The second-order valence-corrected chi connectivity index (χ2v) is 3.12. The van der Waals surface area contributed by atoms with Crippen LogP contribution in [0.25, 0.3) is 0 Å². The Balaban J connectivity index is 2.32. The molecule has 0 aromatic heterocycles. The Morgan fingerprint density at radius 3 is 2.90 bits per heavy atom. The van der Waals surface area contributed by atoms with Gasteiger partial charge >= 0.3 is 0 Å². The smallest absolute Gasteiger partial charge is 0.0449 e. The first kappa shape index (κ1) is 7.98. The van der Waals surface area contributed by atoms with Gasteiger partial charge in [0.15, 0.2) is 0 Å². The van der Waals surface area contributed by atoms with E-state index in [1.807, 2.05) is 0 Å². The van der Waals surface area contributed by atoms with E-state index >= 15 is 0 Å². The highest BCUT2D eigenvalue weighted by molar-refractivity contribution is 4.89. The number of aliphatic hydroxyl groups excluding tert-OH is 1. The van der Waals surface area contributed by atoms with Crippen molar-refractivity contribution in [3.05, 3.63) is 0 Å². The number of nitrogens with one attached hydrogen (secondary N) is 1. The number of hydrogen-bond donors (Lipinski definition) is 3. The van der Waals surface area contributed by atoms with Crippen molar-refractivity contribution in [1.82, 2.24) is 5.32 Å². The zero-order chi connectivity index (χ0) is 7.45. The molecule has 1 aliphatic heterocycles. The fourth-order valence-corrected chi connectivity index (χ4v) is 1.43. The summed E-state index contributed by atoms with van der Waals surface area (Å²) >= 11 is 0. The van der Waals surface area contributed by atoms with Crippen molar-refractivity contribution < 1.29 is 5.11 Å². The van der Waals surface area contributed by atoms with Crippen LogP contribution in [0.4, 0.5) is 0 Å². The monoisotopic (exact) mass is 144 g/mol. The molecule has 0 radical (unpaired) electrons. The molecule has 0 bridgehead atoms. The molecule has 1 aliphatic rings. The molecule has 3 nitrogen and oxygen atoms in total. The molecular weight excluding hydrogens is 128 g/mol. The average molecular weight is 144 g/mol. The van der Waals surface area contributed by atoms with Crippen LogP contribution in [-0.2, 0) is 0 Å². The maximum absolute atomic E-state index is 8.68. The summed E-state index contributed by atoms with van der Waals surface area (Å²) in [6, 6.07) is 0. The van der Waals surface area contributed by atoms with Crippen molar-refractivity contribution in [3.8, 4) is 0 Å². The lowest BCUT2D eigenvalue weighted by atomic mass is 9.88. The minimum absolute atomic E-state index is 0.132. The topological polar surface area (TPSA) is 58.3 Å². The molecule has 1 atom stereocenters. The van der Waals surface area contributed by atoms with Gasteiger partial charge in [0.2, 0.25) is 0 Å². The zero-order valence-corrected chi connectivity index (χ0v) is 6.27. The molecule has 1 fully saturated rings. The molecule has 10 heavy (non-hydrogen) atoms. The van der Waals surface area contributed by atoms with E-state index in [4.69, 9.17) is 10.8 Å². The molecule has 60 valence electrons. The highest BCUT2D eigenvalue weighted by Crippen LogP contribution is 2.15. The molecule has 0 saturated carbocycles. The molecule has 3 heteroatoms. The van der Waals surface area contributed by atoms with Crippen molar-refractivity contribution in [2.75, 3.05) is 19.7 Å². The van der Waals surface area contributed by atoms with E-state index in [0.717, 1.165) is 32.4 Å². The standard InChI is InChI=1S/C7H16N2O/c8-7(3-5-10)2-1-4-9-6-7/h9-10H,1-6,8H2. The summed E-state index contributed by atoms with van der Waals surface area (Å²) in [5.41, 5.74) is 5.82. The molecule has 0 spiro atoms. The average Bonchev–Trinajstić information content (AvgIpc) is 1.89. The van der Waals surface area contributed by atoms with Gasteiger partial charge < -0.3 is 16.2 Å². The third-order valence-corrected chi connectivity index (χ3v) is 2.11. The van der Waals surface area contributed by atoms with Crippen molar-refractivity contribution >= 4 is 0 Å². The fraction of sp³-hybridized carbons (Fsp3) is 1.00. The Morgan fingerprint density at radius 2 is 2.40 bits per heavy atom. The molecule has 0 aromatic carbocycles. The van der Waals surface area contributed by atoms with Crippen LogP contribution in [0, 0.1) is 0 Å². The highest BCUT2D eigenvalue weighted by atomic mass is 16.3. The Bertz CT molecular complexity index is 94.3. The van der Waals surface area contributed by atoms with Gasteiger partial charge in [-0.05, 0) is 25.8 Å². The van der Waals surface area contributed by atoms with Gasteiger partial charge in [0.1, 0.15) is 0 Å². The maximum Gasteiger partial charge on any atom is 0.0449 e. The van der Waals surface area contributed by atoms with Crippen LogP contribution in [0.2, 0.25) is 0 Å². The number of piperidine rings is 1. The number of rotatable bonds is 2. The summed E-state index contributed by atoms with van der Waals surface area (Å²) in [4.78, 5) is 0. The van der Waals surface area contributed by atoms with Crippen LogP contribution in [0.15, 0.2) is 0 Å². The van der Waals surface area contributed by atoms with E-state index in [2.05, 4.69) is 5.32 Å². The summed E-state index contributed by atoms with van der Waals surface area (Å²) in [5.74, 6) is 0. The van der Waals surface area contributed by atoms with Crippen LogP contribution in [0.3, 0.4) is 0 Å². The van der Waals surface area contributed by atoms with Gasteiger partial charge in [-0.3, -0.25) is 0 Å². The third kappa shape index (κ3) is 1.94. The normalized spacial score (nSPS) is 34.2. The molecule has 0 amide bonds. The molecule has 0 aliphatic carbocycles. The molecule has 1 heterocycles. The number of hydrogen-bond acceptors (Lipinski definition) is 3. The lowest BCUT2D eigenvalue weighted by Crippen LogP contribution is -2.53. The van der Waals surface area contributed by atoms with Crippen LogP contribution in [0.5, 0.6) is 0 Å². The van der Waals surface area contributed by atoms with E-state index in [9.17, 15) is 0 Å². The van der Waals surface area contributed by atoms with Crippen LogP contribution in [0.1, 0.15) is 19.3 Å². The fourth-order valence-electron chi connectivity index (χ4n) is 1.43. The summed E-state index contributed by atoms with van der Waals surface area (Å²) < 4.78 is 0. The first-order chi connectivity index (χ1) is 4.77. The number of aliphatic hydroxyl groups is 1. The Labute approximate surface area is 61.6 Å². The van der Waals surface area contributed by atoms with Crippen LogP contribution < -0.4 is 11.1 Å². The summed E-state index contributed by atoms with van der Waals surface area (Å²) in [6.07, 6.45) is 2.90. The Hall–Kier alpha value is -0.120. The molecular formula is C7H16N2O. The van der Waals surface area contributed by atoms with Gasteiger partial charge in [-0.15, -0.1) is 0 Å². The van der Waals surface area contributed by atoms with Gasteiger partial charge in [0, 0.05) is 18.7 Å². The minimum Gasteiger partial charge on any atom is -0.396 e. The number of nitrogens with two attached hydrogens (primary N) is 1. The lowest BCUT2D eigenvalue weighted by Gasteiger charge is -2.33. The summed E-state index contributed by atoms with van der Waals surface area (Å²) in [7, 11) is 0. The largest absolute Gasteiger partial charge is 0.396 e. The summed E-state index contributed by atoms with van der Waals surface area (Å²) in [5, 5.41) is 11.9. The van der Waals surface area contributed by atoms with Gasteiger partial charge in [0.25, 0.3) is 0 Å². The van der Waals surface area contributed by atoms with E-state index in [-0.39, 0.29) is 12.1 Å². The Kier molecular flexibility index (Phi) is 2.65. The zero-order valence-electron chi connectivity index (χ0n) is 6.27. The predicted molar refractivity (Wildman–Crippen MR) is 40.7 cm³/mol. The quantitative estimate of drug-likeness (QED) is 0.487. The van der Waals surface area contributed by atoms with Gasteiger partial charge in [-0.1, -0.05) is 0 Å². The van der Waals surface area contributed by atoms with Crippen molar-refractivity contribution in [3.63, 3.8) is 0 Å². The third-order valence-electron chi connectivity index (χ3n) is 2.11. The second kappa shape index (κ2) is 3.32. The minimum atomic E-state index is -0.132. The van der Waals surface area contributed by atoms with Crippen LogP contribution >= 0.6 is 0 Å². The van der Waals surface area contributed by atoms with E-state index in [1.165, 1.54) is 0 Å². The maximum atomic E-state index is 8.68. The first-order valence-corrected chi connectivity index (χ1v) is 3.87. The highest BCUT2D eigenvalue weighted by Gasteiger charge is 2.25.